The summed E-state index contributed by atoms with van der Waals surface area (Å²) in [5.41, 5.74) is 0. The zero-order valence-electron chi connectivity index (χ0n) is 10.8. The van der Waals surface area contributed by atoms with E-state index in [9.17, 15) is 22.2 Å². The molecule has 0 spiro atoms. The summed E-state index contributed by atoms with van der Waals surface area (Å²) >= 11 is 0. The predicted octanol–water partition coefficient (Wildman–Crippen LogP) is 0.685. The Morgan fingerprint density at radius 1 is 1.32 bits per heavy atom. The van der Waals surface area contributed by atoms with E-state index in [1.165, 1.54) is 0 Å². The highest BCUT2D eigenvalue weighted by atomic mass is 32.3. The van der Waals surface area contributed by atoms with Crippen molar-refractivity contribution < 1.29 is 22.2 Å². The number of carbonyl (C=O) groups excluding carboxylic acids is 1. The topological polar surface area (TPSA) is 74.7 Å². The number of nitrogens with zero attached hydrogens (tertiary/aromatic N) is 1. The summed E-state index contributed by atoms with van der Waals surface area (Å²) in [7, 11) is -4.53. The smallest absolute Gasteiger partial charge is 0.302 e. The largest absolute Gasteiger partial charge is 0.393 e. The number of halogens is 1. The van der Waals surface area contributed by atoms with Gasteiger partial charge in [-0.1, -0.05) is 12.8 Å². The van der Waals surface area contributed by atoms with Crippen molar-refractivity contribution in [1.29, 1.82) is 0 Å². The van der Waals surface area contributed by atoms with Gasteiger partial charge in [0.1, 0.15) is 0 Å². The quantitative estimate of drug-likeness (QED) is 0.774. The maximum atomic E-state index is 12.6. The summed E-state index contributed by atoms with van der Waals surface area (Å²) in [5.74, 6) is -1.10. The van der Waals surface area contributed by atoms with Gasteiger partial charge in [-0.2, -0.15) is 8.42 Å². The van der Waals surface area contributed by atoms with Crippen LogP contribution in [0.25, 0.3) is 0 Å². The summed E-state index contributed by atoms with van der Waals surface area (Å²) in [4.78, 5) is 13.4. The number of aliphatic hydroxyl groups is 1. The van der Waals surface area contributed by atoms with E-state index in [4.69, 9.17) is 0 Å². The molecule has 2 aliphatic rings. The highest BCUT2D eigenvalue weighted by Gasteiger charge is 2.35. The highest BCUT2D eigenvalue weighted by molar-refractivity contribution is 7.86. The van der Waals surface area contributed by atoms with Crippen molar-refractivity contribution in [3.8, 4) is 0 Å². The minimum absolute atomic E-state index is 0.0680. The maximum absolute atomic E-state index is 12.6. The molecule has 110 valence electrons. The highest BCUT2D eigenvalue weighted by Crippen LogP contribution is 2.28. The predicted molar refractivity (Wildman–Crippen MR) is 67.5 cm³/mol. The van der Waals surface area contributed by atoms with Gasteiger partial charge in [-0.05, 0) is 12.8 Å². The first-order valence-electron chi connectivity index (χ1n) is 6.73. The van der Waals surface area contributed by atoms with Crippen molar-refractivity contribution in [2.45, 2.75) is 38.2 Å². The molecule has 0 aromatic carbocycles. The van der Waals surface area contributed by atoms with Crippen LogP contribution in [-0.4, -0.2) is 49.3 Å². The standard InChI is InChI=1S/C12H20FNO4S/c13-19(17,18)8-9-5-12(16)14(6-9)7-10-3-1-2-4-11(10)15/h9-11,15H,1-8H2. The van der Waals surface area contributed by atoms with Crippen molar-refractivity contribution in [3.05, 3.63) is 0 Å². The van der Waals surface area contributed by atoms with Crippen LogP contribution in [0.1, 0.15) is 32.1 Å². The lowest BCUT2D eigenvalue weighted by molar-refractivity contribution is -0.129. The Morgan fingerprint density at radius 2 is 2.00 bits per heavy atom. The number of carbonyl (C=O) groups is 1. The molecule has 1 saturated heterocycles. The van der Waals surface area contributed by atoms with Crippen LogP contribution in [0, 0.1) is 11.8 Å². The first kappa shape index (κ1) is 14.7. The van der Waals surface area contributed by atoms with Crippen LogP contribution >= 0.6 is 0 Å². The van der Waals surface area contributed by atoms with E-state index in [0.717, 1.165) is 25.7 Å². The van der Waals surface area contributed by atoms with Crippen LogP contribution in [0.5, 0.6) is 0 Å². The summed E-state index contributed by atoms with van der Waals surface area (Å²) in [6.45, 7) is 0.744. The molecule has 1 saturated carbocycles. The van der Waals surface area contributed by atoms with Crippen LogP contribution in [-0.2, 0) is 15.0 Å². The van der Waals surface area contributed by atoms with Gasteiger partial charge in [-0.15, -0.1) is 3.89 Å². The maximum Gasteiger partial charge on any atom is 0.302 e. The summed E-state index contributed by atoms with van der Waals surface area (Å²) in [6, 6.07) is 0. The Hall–Kier alpha value is -0.690. The van der Waals surface area contributed by atoms with E-state index in [1.54, 1.807) is 4.90 Å². The number of likely N-dealkylation sites (tertiary alicyclic amines) is 1. The van der Waals surface area contributed by atoms with Gasteiger partial charge in [-0.3, -0.25) is 4.79 Å². The van der Waals surface area contributed by atoms with E-state index < -0.39 is 21.9 Å². The third kappa shape index (κ3) is 4.14. The molecule has 3 atom stereocenters. The van der Waals surface area contributed by atoms with E-state index >= 15 is 0 Å². The molecule has 1 N–H and O–H groups in total. The van der Waals surface area contributed by atoms with E-state index in [1.807, 2.05) is 0 Å². The Kier molecular flexibility index (Phi) is 4.45. The van der Waals surface area contributed by atoms with Crippen molar-refractivity contribution in [2.24, 2.45) is 11.8 Å². The van der Waals surface area contributed by atoms with Gasteiger partial charge in [0.25, 0.3) is 0 Å². The van der Waals surface area contributed by atoms with Crippen molar-refractivity contribution in [1.82, 2.24) is 4.90 Å². The minimum Gasteiger partial charge on any atom is -0.393 e. The lowest BCUT2D eigenvalue weighted by atomic mass is 9.86. The minimum atomic E-state index is -4.53. The number of rotatable bonds is 4. The molecule has 19 heavy (non-hydrogen) atoms. The third-order valence-corrected chi connectivity index (χ3v) is 4.92. The lowest BCUT2D eigenvalue weighted by Gasteiger charge is -2.31. The fourth-order valence-corrected chi connectivity index (χ4v) is 3.89. The molecule has 2 fully saturated rings. The van der Waals surface area contributed by atoms with Crippen LogP contribution in [0.15, 0.2) is 0 Å². The number of aliphatic hydroxyl groups excluding tert-OH is 1. The molecule has 1 aliphatic heterocycles. The van der Waals surface area contributed by atoms with Crippen LogP contribution < -0.4 is 0 Å². The second-order valence-corrected chi connectivity index (χ2v) is 7.10. The molecular formula is C12H20FNO4S. The molecular weight excluding hydrogens is 273 g/mol. The SMILES string of the molecule is O=C1CC(CS(=O)(=O)F)CN1CC1CCCCC1O. The van der Waals surface area contributed by atoms with Gasteiger partial charge >= 0.3 is 10.2 Å². The lowest BCUT2D eigenvalue weighted by Crippen LogP contribution is -2.38. The van der Waals surface area contributed by atoms with Crippen LogP contribution in [0.2, 0.25) is 0 Å². The summed E-state index contributed by atoms with van der Waals surface area (Å²) in [6.07, 6.45) is 3.41. The molecule has 7 heteroatoms. The average Bonchev–Trinajstić information content (AvgIpc) is 2.60. The van der Waals surface area contributed by atoms with Crippen LogP contribution in [0.4, 0.5) is 3.89 Å². The van der Waals surface area contributed by atoms with Gasteiger partial charge in [0.2, 0.25) is 5.91 Å². The average molecular weight is 293 g/mol. The first-order chi connectivity index (χ1) is 8.85. The molecule has 0 aromatic rings. The van der Waals surface area contributed by atoms with Gasteiger partial charge in [0.15, 0.2) is 0 Å². The second-order valence-electron chi connectivity index (χ2n) is 5.69. The monoisotopic (exact) mass is 293 g/mol. The normalized spacial score (nSPS) is 32.8. The molecule has 5 nitrogen and oxygen atoms in total. The van der Waals surface area contributed by atoms with Crippen molar-refractivity contribution >= 4 is 16.1 Å². The van der Waals surface area contributed by atoms with Crippen molar-refractivity contribution in [3.63, 3.8) is 0 Å². The number of amides is 1. The van der Waals surface area contributed by atoms with E-state index in [-0.39, 0.29) is 30.9 Å². The molecule has 1 heterocycles. The Morgan fingerprint density at radius 3 is 2.63 bits per heavy atom. The van der Waals surface area contributed by atoms with Gasteiger partial charge < -0.3 is 10.0 Å². The summed E-state index contributed by atoms with van der Waals surface area (Å²) in [5, 5.41) is 9.87. The van der Waals surface area contributed by atoms with Crippen molar-refractivity contribution in [2.75, 3.05) is 18.8 Å². The third-order valence-electron chi connectivity index (χ3n) is 4.05. The zero-order chi connectivity index (χ0) is 14.0. The van der Waals surface area contributed by atoms with Gasteiger partial charge in [-0.25, -0.2) is 0 Å². The fourth-order valence-electron chi connectivity index (χ4n) is 3.11. The Balaban J connectivity index is 1.89. The number of hydrogen-bond acceptors (Lipinski definition) is 4. The summed E-state index contributed by atoms with van der Waals surface area (Å²) < 4.78 is 33.8. The van der Waals surface area contributed by atoms with Gasteiger partial charge in [0, 0.05) is 31.3 Å². The first-order valence-corrected chi connectivity index (χ1v) is 8.28. The van der Waals surface area contributed by atoms with E-state index in [2.05, 4.69) is 0 Å². The second kappa shape index (κ2) is 5.75. The Labute approximate surface area is 113 Å². The molecule has 1 aliphatic carbocycles. The van der Waals surface area contributed by atoms with E-state index in [0.29, 0.717) is 6.54 Å². The molecule has 0 aromatic heterocycles. The molecule has 0 radical (unpaired) electrons. The van der Waals surface area contributed by atoms with Crippen LogP contribution in [0.3, 0.4) is 0 Å². The Bertz CT molecular complexity index is 439. The molecule has 0 bridgehead atoms. The molecule has 2 rings (SSSR count). The number of hydrogen-bond donors (Lipinski definition) is 1. The van der Waals surface area contributed by atoms with Gasteiger partial charge in [0.05, 0.1) is 11.9 Å². The molecule has 1 amide bonds. The molecule has 3 unspecified atom stereocenters. The fraction of sp³-hybridized carbons (Fsp3) is 0.917. The zero-order valence-corrected chi connectivity index (χ0v) is 11.6.